The maximum Gasteiger partial charge on any atom is 0.416 e. The van der Waals surface area contributed by atoms with Crippen LogP contribution < -0.4 is 5.32 Å². The maximum atomic E-state index is 12.5. The monoisotopic (exact) mass is 301 g/mol. The van der Waals surface area contributed by atoms with E-state index in [0.29, 0.717) is 0 Å². The Bertz CT molecular complexity index is 384. The minimum atomic E-state index is -4.26. The summed E-state index contributed by atoms with van der Waals surface area (Å²) in [6, 6.07) is 5.64. The van der Waals surface area contributed by atoms with E-state index in [1.165, 1.54) is 44.2 Å². The second-order valence-electron chi connectivity index (χ2n) is 5.52. The quantitative estimate of drug-likeness (QED) is 0.575. The van der Waals surface area contributed by atoms with E-state index in [9.17, 15) is 13.2 Å². The molecule has 0 fully saturated rings. The molecule has 0 spiro atoms. The molecule has 1 nitrogen and oxygen atoms in total. The number of alkyl halides is 3. The summed E-state index contributed by atoms with van der Waals surface area (Å²) in [5.41, 5.74) is 0.347. The van der Waals surface area contributed by atoms with Gasteiger partial charge in [0.2, 0.25) is 0 Å². The number of unbranched alkanes of at least 4 members (excludes halogenated alkanes) is 5. The lowest BCUT2D eigenvalue weighted by Gasteiger charge is -2.17. The van der Waals surface area contributed by atoms with E-state index < -0.39 is 11.7 Å². The normalized spacial score (nSPS) is 13.4. The predicted octanol–water partition coefficient (Wildman–Crippen LogP) is 5.72. The van der Waals surface area contributed by atoms with Gasteiger partial charge in [-0.25, -0.2) is 0 Å². The van der Waals surface area contributed by atoms with Gasteiger partial charge in [0.15, 0.2) is 0 Å². The van der Waals surface area contributed by atoms with Gasteiger partial charge in [0.05, 0.1) is 5.56 Å². The molecule has 120 valence electrons. The van der Waals surface area contributed by atoms with Gasteiger partial charge >= 0.3 is 6.18 Å². The van der Waals surface area contributed by atoms with Crippen LogP contribution in [0.4, 0.5) is 13.2 Å². The van der Waals surface area contributed by atoms with Gasteiger partial charge < -0.3 is 5.32 Å². The van der Waals surface area contributed by atoms with Crippen LogP contribution in [0.5, 0.6) is 0 Å². The Morgan fingerprint density at radius 3 is 2.05 bits per heavy atom. The fourth-order valence-corrected chi connectivity index (χ4v) is 2.51. The van der Waals surface area contributed by atoms with Crippen molar-refractivity contribution < 1.29 is 13.2 Å². The van der Waals surface area contributed by atoms with Crippen molar-refractivity contribution in [2.45, 2.75) is 64.1 Å². The first-order chi connectivity index (χ1) is 9.99. The van der Waals surface area contributed by atoms with Crippen molar-refractivity contribution >= 4 is 0 Å². The summed E-state index contributed by atoms with van der Waals surface area (Å²) in [6.07, 6.45) is 4.06. The fraction of sp³-hybridized carbons (Fsp3) is 0.647. The van der Waals surface area contributed by atoms with Crippen LogP contribution in [0.25, 0.3) is 0 Å². The van der Waals surface area contributed by atoms with Crippen LogP contribution in [-0.4, -0.2) is 7.05 Å². The van der Waals surface area contributed by atoms with E-state index in [4.69, 9.17) is 0 Å². The predicted molar refractivity (Wildman–Crippen MR) is 81.2 cm³/mol. The third kappa shape index (κ3) is 6.51. The van der Waals surface area contributed by atoms with Gasteiger partial charge in [-0.3, -0.25) is 0 Å². The summed E-state index contributed by atoms with van der Waals surface area (Å²) >= 11 is 0. The summed E-state index contributed by atoms with van der Waals surface area (Å²) in [4.78, 5) is 0. The van der Waals surface area contributed by atoms with Gasteiger partial charge in [-0.2, -0.15) is 13.2 Å². The smallest absolute Gasteiger partial charge is 0.313 e. The Kier molecular flexibility index (Phi) is 7.79. The zero-order valence-corrected chi connectivity index (χ0v) is 13.0. The molecule has 21 heavy (non-hydrogen) atoms. The van der Waals surface area contributed by atoms with Crippen LogP contribution in [0.15, 0.2) is 24.3 Å². The lowest BCUT2D eigenvalue weighted by molar-refractivity contribution is -0.137. The van der Waals surface area contributed by atoms with Crippen molar-refractivity contribution in [3.05, 3.63) is 35.4 Å². The average molecular weight is 301 g/mol. The molecule has 0 heterocycles. The van der Waals surface area contributed by atoms with E-state index in [2.05, 4.69) is 12.2 Å². The molecular formula is C17H26F3N. The molecule has 1 unspecified atom stereocenters. The van der Waals surface area contributed by atoms with E-state index >= 15 is 0 Å². The minimum Gasteiger partial charge on any atom is -0.313 e. The Balaban J connectivity index is 2.45. The summed E-state index contributed by atoms with van der Waals surface area (Å²) in [5, 5.41) is 3.20. The number of halogens is 3. The Hall–Kier alpha value is -1.03. The highest BCUT2D eigenvalue weighted by Crippen LogP contribution is 2.30. The molecule has 4 heteroatoms. The van der Waals surface area contributed by atoms with E-state index in [1.807, 2.05) is 7.05 Å². The first-order valence-electron chi connectivity index (χ1n) is 7.83. The maximum absolute atomic E-state index is 12.5. The van der Waals surface area contributed by atoms with Gasteiger partial charge in [0.25, 0.3) is 0 Å². The molecule has 0 radical (unpaired) electrons. The first-order valence-corrected chi connectivity index (χ1v) is 7.83. The molecule has 0 bridgehead atoms. The summed E-state index contributed by atoms with van der Waals surface area (Å²) in [7, 11) is 1.86. The molecule has 0 aliphatic carbocycles. The number of benzene rings is 1. The second kappa shape index (κ2) is 9.08. The molecule has 0 aromatic heterocycles. The number of rotatable bonds is 9. The van der Waals surface area contributed by atoms with Crippen molar-refractivity contribution in [1.82, 2.24) is 5.32 Å². The Labute approximate surface area is 125 Å². The third-order valence-electron chi connectivity index (χ3n) is 3.84. The topological polar surface area (TPSA) is 12.0 Å². The van der Waals surface area contributed by atoms with Crippen LogP contribution in [0.2, 0.25) is 0 Å². The molecule has 0 aliphatic rings. The second-order valence-corrected chi connectivity index (χ2v) is 5.52. The molecule has 1 aromatic rings. The van der Waals surface area contributed by atoms with E-state index in [0.717, 1.165) is 18.4 Å². The van der Waals surface area contributed by atoms with Gasteiger partial charge in [0.1, 0.15) is 0 Å². The zero-order valence-electron chi connectivity index (χ0n) is 13.0. The van der Waals surface area contributed by atoms with Gasteiger partial charge in [0, 0.05) is 6.04 Å². The van der Waals surface area contributed by atoms with Crippen LogP contribution in [0.3, 0.4) is 0 Å². The zero-order chi connectivity index (χ0) is 15.7. The first kappa shape index (κ1) is 18.0. The fourth-order valence-electron chi connectivity index (χ4n) is 2.51. The molecule has 1 N–H and O–H groups in total. The molecule has 0 saturated carbocycles. The van der Waals surface area contributed by atoms with Crippen LogP contribution in [0, 0.1) is 0 Å². The molecule has 1 aromatic carbocycles. The SMILES string of the molecule is CCCCCCCCC(NC)c1ccc(C(F)(F)F)cc1. The Morgan fingerprint density at radius 1 is 0.952 bits per heavy atom. The highest BCUT2D eigenvalue weighted by molar-refractivity contribution is 5.26. The molecule has 0 aliphatic heterocycles. The Morgan fingerprint density at radius 2 is 1.52 bits per heavy atom. The third-order valence-corrected chi connectivity index (χ3v) is 3.84. The summed E-state index contributed by atoms with van der Waals surface area (Å²) in [5.74, 6) is 0. The van der Waals surface area contributed by atoms with Crippen LogP contribution >= 0.6 is 0 Å². The van der Waals surface area contributed by atoms with E-state index in [1.54, 1.807) is 12.1 Å². The van der Waals surface area contributed by atoms with E-state index in [-0.39, 0.29) is 6.04 Å². The number of hydrogen-bond donors (Lipinski definition) is 1. The van der Waals surface area contributed by atoms with Gasteiger partial charge in [-0.15, -0.1) is 0 Å². The standard InChI is InChI=1S/C17H26F3N/c1-3-4-5-6-7-8-9-16(21-2)14-10-12-15(13-11-14)17(18,19)20/h10-13,16,21H,3-9H2,1-2H3. The van der Waals surface area contributed by atoms with Crippen molar-refractivity contribution in [3.63, 3.8) is 0 Å². The van der Waals surface area contributed by atoms with Crippen molar-refractivity contribution in [2.24, 2.45) is 0 Å². The summed E-state index contributed by atoms with van der Waals surface area (Å²) in [6.45, 7) is 2.20. The molecule has 1 atom stereocenters. The molecule has 0 saturated heterocycles. The van der Waals surface area contributed by atoms with Crippen LogP contribution in [-0.2, 0) is 6.18 Å². The van der Waals surface area contributed by atoms with Crippen molar-refractivity contribution in [2.75, 3.05) is 7.05 Å². The molecule has 0 amide bonds. The van der Waals surface area contributed by atoms with Crippen molar-refractivity contribution in [3.8, 4) is 0 Å². The van der Waals surface area contributed by atoms with Gasteiger partial charge in [-0.05, 0) is 31.2 Å². The largest absolute Gasteiger partial charge is 0.416 e. The highest BCUT2D eigenvalue weighted by Gasteiger charge is 2.30. The minimum absolute atomic E-state index is 0.137. The molecular weight excluding hydrogens is 275 g/mol. The lowest BCUT2D eigenvalue weighted by atomic mass is 9.98. The lowest BCUT2D eigenvalue weighted by Crippen LogP contribution is -2.16. The number of hydrogen-bond acceptors (Lipinski definition) is 1. The number of nitrogens with one attached hydrogen (secondary N) is 1. The summed E-state index contributed by atoms with van der Waals surface area (Å²) < 4.78 is 37.6. The van der Waals surface area contributed by atoms with Gasteiger partial charge in [-0.1, -0.05) is 57.6 Å². The molecule has 1 rings (SSSR count). The van der Waals surface area contributed by atoms with Crippen LogP contribution in [0.1, 0.15) is 69.0 Å². The average Bonchev–Trinajstić information content (AvgIpc) is 2.46. The highest BCUT2D eigenvalue weighted by atomic mass is 19.4. The van der Waals surface area contributed by atoms with Crippen molar-refractivity contribution in [1.29, 1.82) is 0 Å².